The van der Waals surface area contributed by atoms with Crippen molar-refractivity contribution in [3.05, 3.63) is 60.4 Å². The standard InChI is InChI=1S/C17H15N7O2S/c18-27(25,26)13-8-4-7-12-14(13)23-24-15(12)16-20-10-21-17(22-16)19-9-11-5-2-1-3-6-11/h1-8,10H,9H2,(H,23,24)(H2,18,25,26)(H,19,20,21,22). The van der Waals surface area contributed by atoms with E-state index in [1.54, 1.807) is 12.1 Å². The summed E-state index contributed by atoms with van der Waals surface area (Å²) >= 11 is 0. The van der Waals surface area contributed by atoms with Crippen LogP contribution in [-0.4, -0.2) is 33.6 Å². The van der Waals surface area contributed by atoms with Crippen LogP contribution in [0.15, 0.2) is 59.8 Å². The van der Waals surface area contributed by atoms with Gasteiger partial charge < -0.3 is 5.32 Å². The smallest absolute Gasteiger partial charge is 0.240 e. The number of fused-ring (bicyclic) bond motifs is 1. The van der Waals surface area contributed by atoms with Gasteiger partial charge in [-0.3, -0.25) is 5.10 Å². The summed E-state index contributed by atoms with van der Waals surface area (Å²) in [6, 6.07) is 14.6. The molecule has 2 aromatic heterocycles. The fourth-order valence-electron chi connectivity index (χ4n) is 2.70. The van der Waals surface area contributed by atoms with Crippen molar-refractivity contribution in [2.24, 2.45) is 5.14 Å². The molecule has 27 heavy (non-hydrogen) atoms. The van der Waals surface area contributed by atoms with Gasteiger partial charge in [0.05, 0.1) is 5.52 Å². The molecule has 0 aliphatic rings. The first-order valence-electron chi connectivity index (χ1n) is 7.99. The minimum Gasteiger partial charge on any atom is -0.350 e. The number of sulfonamides is 1. The van der Waals surface area contributed by atoms with Gasteiger partial charge in [0.25, 0.3) is 0 Å². The summed E-state index contributed by atoms with van der Waals surface area (Å²) in [7, 11) is -3.88. The van der Waals surface area contributed by atoms with Crippen LogP contribution in [0.5, 0.6) is 0 Å². The van der Waals surface area contributed by atoms with E-state index in [0.29, 0.717) is 34.9 Å². The first-order valence-corrected chi connectivity index (χ1v) is 9.54. The number of nitrogens with two attached hydrogens (primary N) is 1. The average molecular weight is 381 g/mol. The molecule has 0 saturated carbocycles. The lowest BCUT2D eigenvalue weighted by Gasteiger charge is -2.05. The topological polar surface area (TPSA) is 140 Å². The highest BCUT2D eigenvalue weighted by molar-refractivity contribution is 7.89. The van der Waals surface area contributed by atoms with Crippen LogP contribution in [0.1, 0.15) is 5.56 Å². The Balaban J connectivity index is 1.68. The number of rotatable bonds is 5. The molecule has 2 heterocycles. The van der Waals surface area contributed by atoms with Gasteiger partial charge >= 0.3 is 0 Å². The number of H-pyrrole nitrogens is 1. The Morgan fingerprint density at radius 3 is 2.63 bits per heavy atom. The molecular weight excluding hydrogens is 366 g/mol. The van der Waals surface area contributed by atoms with Gasteiger partial charge in [-0.1, -0.05) is 42.5 Å². The van der Waals surface area contributed by atoms with Crippen molar-refractivity contribution in [3.63, 3.8) is 0 Å². The summed E-state index contributed by atoms with van der Waals surface area (Å²) in [4.78, 5) is 12.6. The van der Waals surface area contributed by atoms with Crippen molar-refractivity contribution < 1.29 is 8.42 Å². The van der Waals surface area contributed by atoms with Crippen LogP contribution in [0.3, 0.4) is 0 Å². The second kappa shape index (κ2) is 6.74. The number of hydrogen-bond donors (Lipinski definition) is 3. The summed E-state index contributed by atoms with van der Waals surface area (Å²) in [5.41, 5.74) is 1.82. The van der Waals surface area contributed by atoms with E-state index >= 15 is 0 Å². The minimum atomic E-state index is -3.88. The zero-order valence-corrected chi connectivity index (χ0v) is 14.8. The Morgan fingerprint density at radius 2 is 1.85 bits per heavy atom. The van der Waals surface area contributed by atoms with Crippen molar-refractivity contribution in [1.29, 1.82) is 0 Å². The summed E-state index contributed by atoms with van der Waals surface area (Å²) in [6.07, 6.45) is 1.37. The van der Waals surface area contributed by atoms with Crippen LogP contribution in [0, 0.1) is 0 Å². The van der Waals surface area contributed by atoms with Gasteiger partial charge in [0, 0.05) is 11.9 Å². The Hall–Kier alpha value is -3.37. The quantitative estimate of drug-likeness (QED) is 0.478. The van der Waals surface area contributed by atoms with Gasteiger partial charge in [-0.15, -0.1) is 0 Å². The zero-order valence-electron chi connectivity index (χ0n) is 14.0. The summed E-state index contributed by atoms with van der Waals surface area (Å²) in [5, 5.41) is 15.8. The molecule has 0 unspecified atom stereocenters. The van der Waals surface area contributed by atoms with E-state index in [9.17, 15) is 8.42 Å². The molecule has 4 rings (SSSR count). The molecule has 10 heteroatoms. The molecule has 0 amide bonds. The highest BCUT2D eigenvalue weighted by Crippen LogP contribution is 2.27. The van der Waals surface area contributed by atoms with Gasteiger partial charge in [0.15, 0.2) is 5.82 Å². The normalized spacial score (nSPS) is 11.6. The van der Waals surface area contributed by atoms with E-state index < -0.39 is 10.0 Å². The zero-order chi connectivity index (χ0) is 18.9. The third-order valence-corrected chi connectivity index (χ3v) is 4.90. The molecule has 0 bridgehead atoms. The van der Waals surface area contributed by atoms with Gasteiger partial charge in [-0.25, -0.2) is 23.5 Å². The third-order valence-electron chi connectivity index (χ3n) is 3.94. The first-order chi connectivity index (χ1) is 13.0. The monoisotopic (exact) mass is 381 g/mol. The number of primary sulfonamides is 1. The van der Waals surface area contributed by atoms with E-state index in [4.69, 9.17) is 5.14 Å². The number of aromatic nitrogens is 5. The maximum atomic E-state index is 11.7. The SMILES string of the molecule is NS(=O)(=O)c1cccc2c(-c3ncnc(NCc4ccccc4)n3)n[nH]c12. The van der Waals surface area contributed by atoms with Gasteiger partial charge in [-0.2, -0.15) is 10.1 Å². The summed E-state index contributed by atoms with van der Waals surface area (Å²) in [6.45, 7) is 0.557. The van der Waals surface area contributed by atoms with E-state index in [2.05, 4.69) is 30.5 Å². The van der Waals surface area contributed by atoms with E-state index in [1.165, 1.54) is 12.4 Å². The lowest BCUT2D eigenvalue weighted by atomic mass is 10.2. The number of anilines is 1. The molecule has 0 aliphatic heterocycles. The van der Waals surface area contributed by atoms with Crippen molar-refractivity contribution in [1.82, 2.24) is 25.1 Å². The largest absolute Gasteiger partial charge is 0.350 e. The molecule has 0 radical (unpaired) electrons. The molecule has 0 saturated heterocycles. The Morgan fingerprint density at radius 1 is 1.04 bits per heavy atom. The highest BCUT2D eigenvalue weighted by Gasteiger charge is 2.18. The highest BCUT2D eigenvalue weighted by atomic mass is 32.2. The molecule has 2 aromatic carbocycles. The molecule has 0 atom stereocenters. The van der Waals surface area contributed by atoms with Crippen LogP contribution < -0.4 is 10.5 Å². The van der Waals surface area contributed by atoms with Gasteiger partial charge in [-0.05, 0) is 11.6 Å². The molecule has 136 valence electrons. The predicted molar refractivity (Wildman–Crippen MR) is 100 cm³/mol. The maximum Gasteiger partial charge on any atom is 0.240 e. The van der Waals surface area contributed by atoms with Gasteiger partial charge in [0.2, 0.25) is 16.0 Å². The molecule has 4 N–H and O–H groups in total. The molecule has 0 fully saturated rings. The van der Waals surface area contributed by atoms with E-state index in [0.717, 1.165) is 5.56 Å². The lowest BCUT2D eigenvalue weighted by molar-refractivity contribution is 0.598. The number of para-hydroxylation sites is 1. The third kappa shape index (κ3) is 3.48. The van der Waals surface area contributed by atoms with Crippen LogP contribution >= 0.6 is 0 Å². The average Bonchev–Trinajstić information content (AvgIpc) is 3.11. The Labute approximate surface area is 154 Å². The number of nitrogens with zero attached hydrogens (tertiary/aromatic N) is 4. The predicted octanol–water partition coefficient (Wildman–Crippen LogP) is 1.67. The van der Waals surface area contributed by atoms with Crippen LogP contribution in [-0.2, 0) is 16.6 Å². The van der Waals surface area contributed by atoms with E-state index in [1.807, 2.05) is 30.3 Å². The van der Waals surface area contributed by atoms with E-state index in [-0.39, 0.29) is 4.90 Å². The number of hydrogen-bond acceptors (Lipinski definition) is 7. The Kier molecular flexibility index (Phi) is 4.26. The minimum absolute atomic E-state index is 0.0322. The fourth-order valence-corrected chi connectivity index (χ4v) is 3.40. The van der Waals surface area contributed by atoms with Crippen molar-refractivity contribution in [2.45, 2.75) is 11.4 Å². The summed E-state index contributed by atoms with van der Waals surface area (Å²) < 4.78 is 23.5. The second-order valence-electron chi connectivity index (χ2n) is 5.77. The Bertz CT molecular complexity index is 1210. The first kappa shape index (κ1) is 17.1. The second-order valence-corrected chi connectivity index (χ2v) is 7.30. The van der Waals surface area contributed by atoms with Crippen molar-refractivity contribution in [2.75, 3.05) is 5.32 Å². The maximum absolute atomic E-state index is 11.7. The van der Waals surface area contributed by atoms with Crippen molar-refractivity contribution >= 4 is 26.9 Å². The lowest BCUT2D eigenvalue weighted by Crippen LogP contribution is -2.12. The van der Waals surface area contributed by atoms with Crippen LogP contribution in [0.4, 0.5) is 5.95 Å². The van der Waals surface area contributed by atoms with Gasteiger partial charge in [0.1, 0.15) is 16.9 Å². The van der Waals surface area contributed by atoms with Crippen molar-refractivity contribution in [3.8, 4) is 11.5 Å². The van der Waals surface area contributed by atoms with Crippen LogP contribution in [0.25, 0.3) is 22.4 Å². The molecule has 0 aliphatic carbocycles. The fraction of sp³-hybridized carbons (Fsp3) is 0.0588. The number of aromatic amines is 1. The molecular formula is C17H15N7O2S. The number of benzene rings is 2. The van der Waals surface area contributed by atoms with Crippen LogP contribution in [0.2, 0.25) is 0 Å². The molecule has 4 aromatic rings. The molecule has 9 nitrogen and oxygen atoms in total. The molecule has 0 spiro atoms. The summed E-state index contributed by atoms with van der Waals surface area (Å²) in [5.74, 6) is 0.709. The number of nitrogens with one attached hydrogen (secondary N) is 2.